The summed E-state index contributed by atoms with van der Waals surface area (Å²) in [5.74, 6) is -0.741. The summed E-state index contributed by atoms with van der Waals surface area (Å²) in [6, 6.07) is 8.50. The Morgan fingerprint density at radius 3 is 2.56 bits per heavy atom. The smallest absolute Gasteiger partial charge is 0.341 e. The molecule has 2 aromatic carbocycles. The quantitative estimate of drug-likeness (QED) is 0.387. The molecule has 0 unspecified atom stereocenters. The molecule has 168 valence electrons. The number of carbonyl (C=O) groups excluding carboxylic acids is 2. The first-order valence-electron chi connectivity index (χ1n) is 10.3. The molecule has 1 heterocycles. The Balaban J connectivity index is 1.90. The number of urea groups is 1. The fraction of sp³-hybridized carbons (Fsp3) is 0.292. The molecule has 3 rings (SSSR count). The van der Waals surface area contributed by atoms with Gasteiger partial charge in [0.25, 0.3) is 0 Å². The SMILES string of the molecule is COc1c(C)c2c(c(NC(=O)Nc3ccccc3)c1CC/C=C/CCC(=O)O)C(=O)OC2. The molecule has 2 amide bonds. The van der Waals surface area contributed by atoms with Crippen molar-refractivity contribution in [3.05, 3.63) is 64.7 Å². The number of allylic oxidation sites excluding steroid dienone is 2. The number of cyclic esters (lactones) is 1. The van der Waals surface area contributed by atoms with Gasteiger partial charge in [-0.3, -0.25) is 4.79 Å². The van der Waals surface area contributed by atoms with Gasteiger partial charge in [0.15, 0.2) is 0 Å². The normalized spacial score (nSPS) is 12.4. The van der Waals surface area contributed by atoms with Gasteiger partial charge in [0.1, 0.15) is 12.4 Å². The molecule has 0 aromatic heterocycles. The molecule has 0 saturated carbocycles. The van der Waals surface area contributed by atoms with E-state index in [-0.39, 0.29) is 13.0 Å². The molecular weight excluding hydrogens is 412 g/mol. The second kappa shape index (κ2) is 10.5. The van der Waals surface area contributed by atoms with Crippen LogP contribution >= 0.6 is 0 Å². The maximum Gasteiger partial charge on any atom is 0.341 e. The minimum Gasteiger partial charge on any atom is -0.496 e. The van der Waals surface area contributed by atoms with Gasteiger partial charge < -0.3 is 25.2 Å². The summed E-state index contributed by atoms with van der Waals surface area (Å²) in [7, 11) is 1.55. The van der Waals surface area contributed by atoms with Gasteiger partial charge in [-0.1, -0.05) is 30.4 Å². The van der Waals surface area contributed by atoms with E-state index < -0.39 is 18.0 Å². The lowest BCUT2D eigenvalue weighted by molar-refractivity contribution is -0.136. The van der Waals surface area contributed by atoms with Crippen LogP contribution in [-0.4, -0.2) is 30.2 Å². The number of hydrogen-bond donors (Lipinski definition) is 3. The van der Waals surface area contributed by atoms with Crippen molar-refractivity contribution in [2.75, 3.05) is 17.7 Å². The molecule has 3 N–H and O–H groups in total. The number of carbonyl (C=O) groups is 3. The Bertz CT molecular complexity index is 1050. The molecule has 0 bridgehead atoms. The van der Waals surface area contributed by atoms with Gasteiger partial charge >= 0.3 is 18.0 Å². The predicted octanol–water partition coefficient (Wildman–Crippen LogP) is 4.67. The van der Waals surface area contributed by atoms with Crippen LogP contribution in [0.4, 0.5) is 16.2 Å². The second-order valence-electron chi connectivity index (χ2n) is 7.33. The van der Waals surface area contributed by atoms with Crippen molar-refractivity contribution in [3.8, 4) is 5.75 Å². The fourth-order valence-corrected chi connectivity index (χ4v) is 3.70. The number of methoxy groups -OCH3 is 1. The molecular formula is C24H26N2O6. The standard InChI is InChI=1S/C24H26N2O6/c1-15-18-14-32-23(29)20(18)21(26-24(30)25-16-10-6-5-7-11-16)17(22(15)31-2)12-8-3-4-9-13-19(27)28/h3-7,10-11H,8-9,12-14H2,1-2H3,(H,27,28)(H2,25,26,30)/b4-3+. The van der Waals surface area contributed by atoms with Crippen LogP contribution in [0.25, 0.3) is 0 Å². The Labute approximate surface area is 186 Å². The molecule has 0 spiro atoms. The number of rotatable bonds is 9. The zero-order valence-electron chi connectivity index (χ0n) is 18.1. The van der Waals surface area contributed by atoms with E-state index in [1.165, 1.54) is 0 Å². The van der Waals surface area contributed by atoms with Crippen molar-refractivity contribution in [3.63, 3.8) is 0 Å². The lowest BCUT2D eigenvalue weighted by Gasteiger charge is -2.20. The first kappa shape index (κ1) is 22.9. The summed E-state index contributed by atoms with van der Waals surface area (Å²) in [4.78, 5) is 35.9. The number of amides is 2. The van der Waals surface area contributed by atoms with Gasteiger partial charge in [-0.25, -0.2) is 9.59 Å². The van der Waals surface area contributed by atoms with Crippen LogP contribution in [0.15, 0.2) is 42.5 Å². The van der Waals surface area contributed by atoms with E-state index >= 15 is 0 Å². The highest BCUT2D eigenvalue weighted by Gasteiger charge is 2.32. The zero-order chi connectivity index (χ0) is 23.1. The second-order valence-corrected chi connectivity index (χ2v) is 7.33. The molecule has 0 radical (unpaired) electrons. The number of fused-ring (bicyclic) bond motifs is 1. The van der Waals surface area contributed by atoms with E-state index in [9.17, 15) is 14.4 Å². The Hall–Kier alpha value is -3.81. The molecule has 0 saturated heterocycles. The van der Waals surface area contributed by atoms with Crippen molar-refractivity contribution < 1.29 is 29.0 Å². The van der Waals surface area contributed by atoms with Crippen LogP contribution in [0.3, 0.4) is 0 Å². The first-order valence-corrected chi connectivity index (χ1v) is 10.3. The number of aliphatic carboxylic acids is 1. The molecule has 1 aliphatic heterocycles. The monoisotopic (exact) mass is 438 g/mol. The maximum absolute atomic E-state index is 12.7. The number of benzene rings is 2. The van der Waals surface area contributed by atoms with Crippen molar-refractivity contribution in [1.29, 1.82) is 0 Å². The Kier molecular flexibility index (Phi) is 7.49. The van der Waals surface area contributed by atoms with Gasteiger partial charge in [0.2, 0.25) is 0 Å². The molecule has 0 aliphatic carbocycles. The summed E-state index contributed by atoms with van der Waals surface area (Å²) >= 11 is 0. The minimum absolute atomic E-state index is 0.0656. The number of esters is 1. The number of para-hydroxylation sites is 1. The van der Waals surface area contributed by atoms with Crippen molar-refractivity contribution >= 4 is 29.3 Å². The zero-order valence-corrected chi connectivity index (χ0v) is 18.1. The molecule has 8 nitrogen and oxygen atoms in total. The molecule has 0 atom stereocenters. The van der Waals surface area contributed by atoms with Crippen LogP contribution in [0.2, 0.25) is 0 Å². The van der Waals surface area contributed by atoms with Gasteiger partial charge in [-0.2, -0.15) is 0 Å². The summed E-state index contributed by atoms with van der Waals surface area (Å²) in [6.45, 7) is 1.99. The largest absolute Gasteiger partial charge is 0.496 e. The van der Waals surface area contributed by atoms with Crippen molar-refractivity contribution in [1.82, 2.24) is 0 Å². The van der Waals surface area contributed by atoms with Gasteiger partial charge in [0.05, 0.1) is 18.4 Å². The summed E-state index contributed by atoms with van der Waals surface area (Å²) < 4.78 is 10.9. The number of carboxylic acids is 1. The highest BCUT2D eigenvalue weighted by molar-refractivity contribution is 6.08. The predicted molar refractivity (Wildman–Crippen MR) is 120 cm³/mol. The van der Waals surface area contributed by atoms with Crippen LogP contribution in [0.5, 0.6) is 5.75 Å². The van der Waals surface area contributed by atoms with Crippen LogP contribution in [-0.2, 0) is 22.6 Å². The first-order chi connectivity index (χ1) is 15.4. The molecule has 0 fully saturated rings. The average Bonchev–Trinajstić information content (AvgIpc) is 3.15. The van der Waals surface area contributed by atoms with E-state index in [2.05, 4.69) is 10.6 Å². The third-order valence-electron chi connectivity index (χ3n) is 5.20. The fourth-order valence-electron chi connectivity index (χ4n) is 3.70. The van der Waals surface area contributed by atoms with Crippen molar-refractivity contribution in [2.45, 2.75) is 39.2 Å². The Morgan fingerprint density at radius 1 is 1.16 bits per heavy atom. The highest BCUT2D eigenvalue weighted by atomic mass is 16.5. The minimum atomic E-state index is -0.847. The maximum atomic E-state index is 12.7. The summed E-state index contributed by atoms with van der Waals surface area (Å²) in [5.41, 5.74) is 3.52. The highest BCUT2D eigenvalue weighted by Crippen LogP contribution is 2.41. The molecule has 32 heavy (non-hydrogen) atoms. The van der Waals surface area contributed by atoms with E-state index in [0.717, 1.165) is 5.56 Å². The van der Waals surface area contributed by atoms with Crippen LogP contribution in [0.1, 0.15) is 46.3 Å². The summed E-state index contributed by atoms with van der Waals surface area (Å²) in [6.07, 6.45) is 5.26. The topological polar surface area (TPSA) is 114 Å². The number of nitrogens with one attached hydrogen (secondary N) is 2. The van der Waals surface area contributed by atoms with E-state index in [1.807, 2.05) is 37.3 Å². The van der Waals surface area contributed by atoms with E-state index in [1.54, 1.807) is 19.2 Å². The molecule has 1 aliphatic rings. The number of anilines is 2. The van der Waals surface area contributed by atoms with Gasteiger partial charge in [0, 0.05) is 23.2 Å². The lowest BCUT2D eigenvalue weighted by atomic mass is 9.93. The number of ether oxygens (including phenoxy) is 2. The third kappa shape index (κ3) is 5.26. The van der Waals surface area contributed by atoms with Crippen LogP contribution in [0, 0.1) is 6.92 Å². The molecule has 8 heteroatoms. The van der Waals surface area contributed by atoms with E-state index in [0.29, 0.717) is 53.1 Å². The van der Waals surface area contributed by atoms with Gasteiger partial charge in [-0.15, -0.1) is 0 Å². The third-order valence-corrected chi connectivity index (χ3v) is 5.20. The molecule has 2 aromatic rings. The van der Waals surface area contributed by atoms with Crippen molar-refractivity contribution in [2.24, 2.45) is 0 Å². The number of hydrogen-bond acceptors (Lipinski definition) is 5. The Morgan fingerprint density at radius 2 is 1.88 bits per heavy atom. The average molecular weight is 438 g/mol. The number of carboxylic acid groups (broad SMARTS) is 1. The summed E-state index contributed by atoms with van der Waals surface area (Å²) in [5, 5.41) is 14.3. The lowest BCUT2D eigenvalue weighted by Crippen LogP contribution is -2.22. The van der Waals surface area contributed by atoms with Crippen LogP contribution < -0.4 is 15.4 Å². The van der Waals surface area contributed by atoms with Gasteiger partial charge in [-0.05, 0) is 43.9 Å². The van der Waals surface area contributed by atoms with E-state index in [4.69, 9.17) is 14.6 Å².